The molecule has 34 heavy (non-hydrogen) atoms. The molecule has 0 aliphatic heterocycles. The van der Waals surface area contributed by atoms with Gasteiger partial charge >= 0.3 is 0 Å². The topological polar surface area (TPSA) is 76.1 Å². The Morgan fingerprint density at radius 1 is 0.824 bits per heavy atom. The maximum absolute atomic E-state index is 13.0. The molecule has 3 aromatic carbocycles. The summed E-state index contributed by atoms with van der Waals surface area (Å²) in [6.07, 6.45) is 5.18. The van der Waals surface area contributed by atoms with Gasteiger partial charge in [0.25, 0.3) is 5.91 Å². The molecule has 1 amide bonds. The lowest BCUT2D eigenvalue weighted by Crippen LogP contribution is -2.12. The Balaban J connectivity index is 1.34. The summed E-state index contributed by atoms with van der Waals surface area (Å²) >= 11 is 0. The number of hydrogen-bond donors (Lipinski definition) is 2. The number of para-hydroxylation sites is 1. The molecule has 0 aliphatic rings. The van der Waals surface area contributed by atoms with E-state index in [-0.39, 0.29) is 5.91 Å². The van der Waals surface area contributed by atoms with Gasteiger partial charge in [-0.05, 0) is 61.0 Å². The largest absolute Gasteiger partial charge is 0.457 e. The molecule has 0 fully saturated rings. The highest BCUT2D eigenvalue weighted by Crippen LogP contribution is 2.29. The second-order valence-corrected chi connectivity index (χ2v) is 7.81. The molecular weight excluding hydrogens is 424 g/mol. The van der Waals surface area contributed by atoms with Gasteiger partial charge in [-0.3, -0.25) is 14.8 Å². The van der Waals surface area contributed by atoms with E-state index in [1.54, 1.807) is 36.7 Å². The van der Waals surface area contributed by atoms with E-state index < -0.39 is 0 Å². The monoisotopic (exact) mass is 446 g/mol. The number of benzene rings is 3. The molecule has 5 rings (SSSR count). The first-order chi connectivity index (χ1) is 16.7. The molecule has 6 heteroatoms. The molecule has 6 nitrogen and oxygen atoms in total. The number of aromatic nitrogens is 2. The van der Waals surface area contributed by atoms with Crippen LogP contribution in [-0.4, -0.2) is 15.9 Å². The number of anilines is 3. The van der Waals surface area contributed by atoms with E-state index in [1.165, 1.54) is 0 Å². The number of amides is 1. The molecule has 0 atom stereocenters. The van der Waals surface area contributed by atoms with Gasteiger partial charge in [-0.15, -0.1) is 0 Å². The minimum atomic E-state index is -0.207. The second-order valence-electron chi connectivity index (χ2n) is 7.81. The van der Waals surface area contributed by atoms with Crippen LogP contribution in [0.3, 0.4) is 0 Å². The van der Waals surface area contributed by atoms with Gasteiger partial charge in [-0.2, -0.15) is 0 Å². The number of nitrogens with one attached hydrogen (secondary N) is 2. The number of rotatable bonds is 6. The molecule has 2 heterocycles. The summed E-state index contributed by atoms with van der Waals surface area (Å²) in [4.78, 5) is 21.4. The number of fused-ring (bicyclic) bond motifs is 1. The average molecular weight is 447 g/mol. The van der Waals surface area contributed by atoms with Crippen LogP contribution >= 0.6 is 0 Å². The third-order valence-corrected chi connectivity index (χ3v) is 5.34. The van der Waals surface area contributed by atoms with E-state index in [9.17, 15) is 4.79 Å². The normalized spacial score (nSPS) is 10.6. The van der Waals surface area contributed by atoms with Crippen molar-refractivity contribution in [1.82, 2.24) is 9.97 Å². The first-order valence-corrected chi connectivity index (χ1v) is 10.9. The number of hydrogen-bond acceptors (Lipinski definition) is 5. The van der Waals surface area contributed by atoms with Crippen molar-refractivity contribution in [3.05, 3.63) is 115 Å². The fourth-order valence-electron chi connectivity index (χ4n) is 3.67. The zero-order valence-corrected chi connectivity index (χ0v) is 18.5. The van der Waals surface area contributed by atoms with E-state index in [4.69, 9.17) is 4.74 Å². The van der Waals surface area contributed by atoms with Crippen LogP contribution in [0.25, 0.3) is 10.9 Å². The van der Waals surface area contributed by atoms with Gasteiger partial charge in [0.15, 0.2) is 0 Å². The van der Waals surface area contributed by atoms with Crippen molar-refractivity contribution in [3.8, 4) is 11.5 Å². The van der Waals surface area contributed by atoms with Gasteiger partial charge in [0.05, 0.1) is 11.2 Å². The molecular formula is C28H22N4O2. The maximum Gasteiger partial charge on any atom is 0.255 e. The van der Waals surface area contributed by atoms with Crippen LogP contribution in [0.1, 0.15) is 15.9 Å². The van der Waals surface area contributed by atoms with Crippen molar-refractivity contribution >= 4 is 33.9 Å². The Labute approximate surface area is 197 Å². The van der Waals surface area contributed by atoms with Crippen LogP contribution in [0.4, 0.5) is 17.1 Å². The minimum Gasteiger partial charge on any atom is -0.457 e. The standard InChI is InChI=1S/C28H22N4O2/c1-19-18-30-26-11-3-2-10-25(26)27(19)31-21-7-4-6-20(16-21)28(33)32-22-8-5-9-24(17-22)34-23-12-14-29-15-13-23/h2-18H,1H3,(H,30,31)(H,32,33). The number of aryl methyl sites for hydroxylation is 1. The van der Waals surface area contributed by atoms with Gasteiger partial charge in [0.1, 0.15) is 11.5 Å². The zero-order chi connectivity index (χ0) is 23.3. The molecule has 0 unspecified atom stereocenters. The van der Waals surface area contributed by atoms with Gasteiger partial charge in [-0.1, -0.05) is 30.3 Å². The smallest absolute Gasteiger partial charge is 0.255 e. The summed E-state index contributed by atoms with van der Waals surface area (Å²) in [5.41, 5.74) is 4.93. The highest BCUT2D eigenvalue weighted by molar-refractivity contribution is 6.05. The quantitative estimate of drug-likeness (QED) is 0.303. The number of pyridine rings is 2. The fraction of sp³-hybridized carbons (Fsp3) is 0.0357. The lowest BCUT2D eigenvalue weighted by atomic mass is 10.1. The first kappa shape index (κ1) is 21.2. The summed E-state index contributed by atoms with van der Waals surface area (Å²) in [5.74, 6) is 1.09. The van der Waals surface area contributed by atoms with E-state index in [0.29, 0.717) is 22.7 Å². The molecule has 0 saturated carbocycles. The Bertz CT molecular complexity index is 1470. The maximum atomic E-state index is 13.0. The zero-order valence-electron chi connectivity index (χ0n) is 18.5. The van der Waals surface area contributed by atoms with Crippen LogP contribution < -0.4 is 15.4 Å². The van der Waals surface area contributed by atoms with E-state index in [2.05, 4.69) is 20.6 Å². The van der Waals surface area contributed by atoms with Gasteiger partial charge in [-0.25, -0.2) is 0 Å². The third kappa shape index (κ3) is 4.71. The minimum absolute atomic E-state index is 0.207. The van der Waals surface area contributed by atoms with Gasteiger partial charge < -0.3 is 15.4 Å². The first-order valence-electron chi connectivity index (χ1n) is 10.9. The number of ether oxygens (including phenoxy) is 1. The van der Waals surface area contributed by atoms with Crippen LogP contribution in [0.5, 0.6) is 11.5 Å². The van der Waals surface area contributed by atoms with Gasteiger partial charge in [0, 0.05) is 47.0 Å². The Morgan fingerprint density at radius 3 is 2.50 bits per heavy atom. The van der Waals surface area contributed by atoms with Crippen LogP contribution in [0.15, 0.2) is 104 Å². The molecule has 0 radical (unpaired) electrons. The molecule has 0 aliphatic carbocycles. The third-order valence-electron chi connectivity index (χ3n) is 5.34. The number of nitrogens with zero attached hydrogens (tertiary/aromatic N) is 2. The predicted octanol–water partition coefficient (Wildman–Crippen LogP) is 6.73. The predicted molar refractivity (Wildman–Crippen MR) is 135 cm³/mol. The van der Waals surface area contributed by atoms with E-state index in [1.807, 2.05) is 73.8 Å². The Hall–Kier alpha value is -4.71. The molecule has 0 spiro atoms. The van der Waals surface area contributed by atoms with Crippen LogP contribution in [0.2, 0.25) is 0 Å². The molecule has 0 saturated heterocycles. The van der Waals surface area contributed by atoms with Crippen molar-refractivity contribution in [3.63, 3.8) is 0 Å². The number of carbonyl (C=O) groups excluding carboxylic acids is 1. The Kier molecular flexibility index (Phi) is 5.86. The lowest BCUT2D eigenvalue weighted by molar-refractivity contribution is 0.102. The van der Waals surface area contributed by atoms with Crippen molar-refractivity contribution in [2.24, 2.45) is 0 Å². The second kappa shape index (κ2) is 9.42. The SMILES string of the molecule is Cc1cnc2ccccc2c1Nc1cccc(C(=O)Nc2cccc(Oc3ccncc3)c2)c1. The van der Waals surface area contributed by atoms with Crippen LogP contribution in [-0.2, 0) is 0 Å². The fourth-order valence-corrected chi connectivity index (χ4v) is 3.67. The lowest BCUT2D eigenvalue weighted by Gasteiger charge is -2.14. The molecule has 2 aromatic heterocycles. The molecule has 0 bridgehead atoms. The van der Waals surface area contributed by atoms with Gasteiger partial charge in [0.2, 0.25) is 0 Å². The summed E-state index contributed by atoms with van der Waals surface area (Å²) < 4.78 is 5.83. The average Bonchev–Trinajstić information content (AvgIpc) is 2.87. The van der Waals surface area contributed by atoms with Crippen molar-refractivity contribution in [2.45, 2.75) is 6.92 Å². The van der Waals surface area contributed by atoms with E-state index >= 15 is 0 Å². The Morgan fingerprint density at radius 2 is 1.62 bits per heavy atom. The molecule has 166 valence electrons. The van der Waals surface area contributed by atoms with Crippen LogP contribution in [0, 0.1) is 6.92 Å². The molecule has 2 N–H and O–H groups in total. The summed E-state index contributed by atoms with van der Waals surface area (Å²) in [6.45, 7) is 2.01. The summed E-state index contributed by atoms with van der Waals surface area (Å²) in [6, 6.07) is 26.2. The van der Waals surface area contributed by atoms with E-state index in [0.717, 1.165) is 27.8 Å². The highest BCUT2D eigenvalue weighted by Gasteiger charge is 2.10. The highest BCUT2D eigenvalue weighted by atomic mass is 16.5. The summed E-state index contributed by atoms with van der Waals surface area (Å²) in [7, 11) is 0. The summed E-state index contributed by atoms with van der Waals surface area (Å²) in [5, 5.41) is 7.44. The van der Waals surface area contributed by atoms with Crippen molar-refractivity contribution in [1.29, 1.82) is 0 Å². The van der Waals surface area contributed by atoms with Crippen molar-refractivity contribution in [2.75, 3.05) is 10.6 Å². The molecule has 5 aromatic rings. The van der Waals surface area contributed by atoms with Crippen molar-refractivity contribution < 1.29 is 9.53 Å². The number of carbonyl (C=O) groups is 1.